The highest BCUT2D eigenvalue weighted by Gasteiger charge is 2.16. The Balaban J connectivity index is 2.37. The van der Waals surface area contributed by atoms with Crippen LogP contribution in [0.1, 0.15) is 18.2 Å². The molecule has 0 aliphatic rings. The molecule has 0 radical (unpaired) electrons. The van der Waals surface area contributed by atoms with E-state index in [1.165, 1.54) is 10.7 Å². The normalized spacial score (nSPS) is 10.6. The summed E-state index contributed by atoms with van der Waals surface area (Å²) in [5.41, 5.74) is 2.13. The van der Waals surface area contributed by atoms with Crippen LogP contribution in [0.5, 0.6) is 0 Å². The van der Waals surface area contributed by atoms with Crippen molar-refractivity contribution in [2.75, 3.05) is 6.54 Å². The molecule has 1 N–H and O–H groups in total. The molecular weight excluding hydrogens is 246 g/mol. The Morgan fingerprint density at radius 3 is 2.95 bits per heavy atom. The molecule has 2 aromatic rings. The van der Waals surface area contributed by atoms with Crippen LogP contribution in [-0.2, 0) is 6.54 Å². The van der Waals surface area contributed by atoms with E-state index in [0.29, 0.717) is 12.2 Å². The molecule has 0 atom stereocenters. The number of nitro groups is 1. The zero-order chi connectivity index (χ0) is 13.8. The topological polar surface area (TPSA) is 85.9 Å². The number of aryl methyl sites for hydroxylation is 1. The van der Waals surface area contributed by atoms with Crippen LogP contribution in [0, 0.1) is 17.0 Å². The maximum Gasteiger partial charge on any atom is 0.294 e. The van der Waals surface area contributed by atoms with Crippen molar-refractivity contribution in [3.05, 3.63) is 45.8 Å². The summed E-state index contributed by atoms with van der Waals surface area (Å²) in [5.74, 6) is 0. The summed E-state index contributed by atoms with van der Waals surface area (Å²) < 4.78 is 1.44. The van der Waals surface area contributed by atoms with Gasteiger partial charge in [0.25, 0.3) is 5.69 Å². The van der Waals surface area contributed by atoms with Crippen molar-refractivity contribution in [1.29, 1.82) is 0 Å². The van der Waals surface area contributed by atoms with Crippen LogP contribution >= 0.6 is 0 Å². The minimum atomic E-state index is -0.416. The number of hydrogen-bond donors (Lipinski definition) is 1. The zero-order valence-electron chi connectivity index (χ0n) is 10.8. The average molecular weight is 261 g/mol. The molecule has 0 amide bonds. The fourth-order valence-electron chi connectivity index (χ4n) is 1.72. The van der Waals surface area contributed by atoms with Gasteiger partial charge in [-0.05, 0) is 25.1 Å². The van der Waals surface area contributed by atoms with Gasteiger partial charge in [0.15, 0.2) is 0 Å². The Morgan fingerprint density at radius 1 is 1.47 bits per heavy atom. The molecule has 1 aromatic carbocycles. The maximum absolute atomic E-state index is 11.0. The van der Waals surface area contributed by atoms with E-state index in [1.807, 2.05) is 13.8 Å². The van der Waals surface area contributed by atoms with Gasteiger partial charge in [0.1, 0.15) is 5.69 Å². The smallest absolute Gasteiger partial charge is 0.294 e. The molecule has 1 aromatic heterocycles. The second-order valence-electron chi connectivity index (χ2n) is 4.18. The van der Waals surface area contributed by atoms with Gasteiger partial charge in [-0.2, -0.15) is 0 Å². The highest BCUT2D eigenvalue weighted by atomic mass is 16.6. The molecule has 0 saturated heterocycles. The molecule has 0 saturated carbocycles. The number of benzene rings is 1. The van der Waals surface area contributed by atoms with Crippen molar-refractivity contribution < 1.29 is 4.92 Å². The second-order valence-corrected chi connectivity index (χ2v) is 4.18. The Labute approximate surface area is 110 Å². The van der Waals surface area contributed by atoms with Gasteiger partial charge in [-0.3, -0.25) is 10.1 Å². The molecule has 1 heterocycles. The Bertz CT molecular complexity index is 594. The van der Waals surface area contributed by atoms with E-state index < -0.39 is 4.92 Å². The minimum Gasteiger partial charge on any atom is -0.311 e. The van der Waals surface area contributed by atoms with Crippen LogP contribution < -0.4 is 5.32 Å². The van der Waals surface area contributed by atoms with Crippen LogP contribution in [0.2, 0.25) is 0 Å². The van der Waals surface area contributed by atoms with Crippen molar-refractivity contribution in [3.8, 4) is 5.69 Å². The lowest BCUT2D eigenvalue weighted by molar-refractivity contribution is -0.384. The number of nitrogens with one attached hydrogen (secondary N) is 1. The fraction of sp³-hybridized carbons (Fsp3) is 0.333. The van der Waals surface area contributed by atoms with Gasteiger partial charge in [0, 0.05) is 12.6 Å². The minimum absolute atomic E-state index is 0.0190. The fourth-order valence-corrected chi connectivity index (χ4v) is 1.72. The first kappa shape index (κ1) is 13.2. The van der Waals surface area contributed by atoms with Gasteiger partial charge in [-0.25, -0.2) is 4.68 Å². The molecule has 100 valence electrons. The molecule has 7 nitrogen and oxygen atoms in total. The molecule has 0 unspecified atom stereocenters. The summed E-state index contributed by atoms with van der Waals surface area (Å²) in [4.78, 5) is 10.6. The molecule has 0 aliphatic carbocycles. The highest BCUT2D eigenvalue weighted by Crippen LogP contribution is 2.23. The van der Waals surface area contributed by atoms with Gasteiger partial charge in [-0.1, -0.05) is 18.2 Å². The van der Waals surface area contributed by atoms with Crippen LogP contribution in [0.15, 0.2) is 24.4 Å². The van der Waals surface area contributed by atoms with Crippen LogP contribution in [0.4, 0.5) is 5.69 Å². The first-order chi connectivity index (χ1) is 9.11. The number of rotatable bonds is 5. The summed E-state index contributed by atoms with van der Waals surface area (Å²) in [6, 6.07) is 4.91. The molecular formula is C12H15N5O2. The Hall–Kier alpha value is -2.28. The lowest BCUT2D eigenvalue weighted by atomic mass is 10.2. The van der Waals surface area contributed by atoms with Crippen LogP contribution in [0.3, 0.4) is 0 Å². The van der Waals surface area contributed by atoms with Gasteiger partial charge >= 0.3 is 0 Å². The number of hydrogen-bond acceptors (Lipinski definition) is 5. The molecule has 7 heteroatoms. The summed E-state index contributed by atoms with van der Waals surface area (Å²) in [7, 11) is 0. The highest BCUT2D eigenvalue weighted by molar-refractivity contribution is 5.53. The SMILES string of the molecule is CCNCc1cn(-c2cc(C)ccc2[N+](=O)[O-])nn1. The van der Waals surface area contributed by atoms with Crippen molar-refractivity contribution in [2.24, 2.45) is 0 Å². The summed E-state index contributed by atoms with van der Waals surface area (Å²) in [6.07, 6.45) is 1.70. The lowest BCUT2D eigenvalue weighted by Crippen LogP contribution is -2.11. The molecule has 0 spiro atoms. The summed E-state index contributed by atoms with van der Waals surface area (Å²) in [5, 5.41) is 22.1. The molecule has 2 rings (SSSR count). The van der Waals surface area contributed by atoms with Gasteiger partial charge < -0.3 is 5.32 Å². The number of nitrogens with zero attached hydrogens (tertiary/aromatic N) is 4. The van der Waals surface area contributed by atoms with Crippen LogP contribution in [0.25, 0.3) is 5.69 Å². The number of nitro benzene ring substituents is 1. The van der Waals surface area contributed by atoms with E-state index in [4.69, 9.17) is 0 Å². The summed E-state index contributed by atoms with van der Waals surface area (Å²) >= 11 is 0. The third kappa shape index (κ3) is 2.94. The van der Waals surface area contributed by atoms with Crippen molar-refractivity contribution in [3.63, 3.8) is 0 Å². The van der Waals surface area contributed by atoms with Crippen molar-refractivity contribution >= 4 is 5.69 Å². The molecule has 19 heavy (non-hydrogen) atoms. The largest absolute Gasteiger partial charge is 0.311 e. The zero-order valence-corrected chi connectivity index (χ0v) is 10.8. The van der Waals surface area contributed by atoms with Gasteiger partial charge in [0.2, 0.25) is 0 Å². The predicted octanol–water partition coefficient (Wildman–Crippen LogP) is 1.59. The monoisotopic (exact) mass is 261 g/mol. The molecule has 0 bridgehead atoms. The predicted molar refractivity (Wildman–Crippen MR) is 70.1 cm³/mol. The molecule has 0 aliphatic heterocycles. The van der Waals surface area contributed by atoms with Gasteiger partial charge in [-0.15, -0.1) is 5.10 Å². The van der Waals surface area contributed by atoms with Crippen LogP contribution in [-0.4, -0.2) is 26.5 Å². The van der Waals surface area contributed by atoms with Gasteiger partial charge in [0.05, 0.1) is 16.8 Å². The Kier molecular flexibility index (Phi) is 3.86. The van der Waals surface area contributed by atoms with E-state index in [-0.39, 0.29) is 5.69 Å². The molecule has 0 fully saturated rings. The quantitative estimate of drug-likeness (QED) is 0.652. The first-order valence-corrected chi connectivity index (χ1v) is 5.99. The Morgan fingerprint density at radius 2 is 2.26 bits per heavy atom. The van der Waals surface area contributed by atoms with E-state index >= 15 is 0 Å². The average Bonchev–Trinajstić information content (AvgIpc) is 2.84. The lowest BCUT2D eigenvalue weighted by Gasteiger charge is -2.03. The van der Waals surface area contributed by atoms with E-state index in [1.54, 1.807) is 18.3 Å². The first-order valence-electron chi connectivity index (χ1n) is 5.99. The number of aromatic nitrogens is 3. The van der Waals surface area contributed by atoms with E-state index in [0.717, 1.165) is 17.8 Å². The summed E-state index contributed by atoms with van der Waals surface area (Å²) in [6.45, 7) is 5.30. The standard InChI is InChI=1S/C12H15N5O2/c1-3-13-7-10-8-16(15-14-10)12-6-9(2)4-5-11(12)17(18)19/h4-6,8,13H,3,7H2,1-2H3. The third-order valence-corrected chi connectivity index (χ3v) is 2.67. The maximum atomic E-state index is 11.0. The van der Waals surface area contributed by atoms with E-state index in [9.17, 15) is 10.1 Å². The van der Waals surface area contributed by atoms with Crippen molar-refractivity contribution in [2.45, 2.75) is 20.4 Å². The van der Waals surface area contributed by atoms with E-state index in [2.05, 4.69) is 15.6 Å². The second kappa shape index (κ2) is 5.57. The van der Waals surface area contributed by atoms with Crippen molar-refractivity contribution in [1.82, 2.24) is 20.3 Å². The third-order valence-electron chi connectivity index (χ3n) is 2.67.